The van der Waals surface area contributed by atoms with Crippen LogP contribution in [0.4, 0.5) is 0 Å². The van der Waals surface area contributed by atoms with Gasteiger partial charge in [0.15, 0.2) is 0 Å². The highest BCUT2D eigenvalue weighted by Gasteiger charge is 2.01. The molecule has 0 N–H and O–H groups in total. The van der Waals surface area contributed by atoms with Crippen molar-refractivity contribution in [1.29, 1.82) is 0 Å². The molecule has 2 aromatic carbocycles. The molecule has 0 spiro atoms. The van der Waals surface area contributed by atoms with Crippen LogP contribution >= 0.6 is 0 Å². The first-order valence-electron chi connectivity index (χ1n) is 5.88. The molecule has 0 amide bonds. The highest BCUT2D eigenvalue weighted by molar-refractivity contribution is 5.39. The Balaban J connectivity index is 2.25. The van der Waals surface area contributed by atoms with Gasteiger partial charge >= 0.3 is 0 Å². The molecular weight excluding hydrogens is 208 g/mol. The van der Waals surface area contributed by atoms with Gasteiger partial charge in [-0.2, -0.15) is 0 Å². The number of ether oxygens (including phenoxy) is 1. The van der Waals surface area contributed by atoms with Gasteiger partial charge in [-0.25, -0.2) is 0 Å². The van der Waals surface area contributed by atoms with Crippen LogP contribution in [0, 0.1) is 27.7 Å². The predicted molar refractivity (Wildman–Crippen MR) is 71.9 cm³/mol. The average molecular weight is 226 g/mol. The Hall–Kier alpha value is -1.76. The van der Waals surface area contributed by atoms with Gasteiger partial charge in [-0.1, -0.05) is 12.1 Å². The molecule has 1 heteroatoms. The normalized spacial score (nSPS) is 10.4. The highest BCUT2D eigenvalue weighted by atomic mass is 16.5. The van der Waals surface area contributed by atoms with Crippen LogP contribution in [0.25, 0.3) is 0 Å². The van der Waals surface area contributed by atoms with Gasteiger partial charge in [0.25, 0.3) is 0 Å². The zero-order chi connectivity index (χ0) is 12.4. The molecule has 0 fully saturated rings. The lowest BCUT2D eigenvalue weighted by Gasteiger charge is -2.09. The molecule has 0 radical (unpaired) electrons. The smallest absolute Gasteiger partial charge is 0.127 e. The molecule has 0 unspecified atom stereocenters. The predicted octanol–water partition coefficient (Wildman–Crippen LogP) is 4.71. The molecule has 0 saturated carbocycles. The fraction of sp³-hybridized carbons (Fsp3) is 0.250. The molecule has 0 saturated heterocycles. The van der Waals surface area contributed by atoms with Crippen LogP contribution in [0.3, 0.4) is 0 Å². The second-order valence-electron chi connectivity index (χ2n) is 4.59. The largest absolute Gasteiger partial charge is 0.457 e. The van der Waals surface area contributed by atoms with Crippen molar-refractivity contribution in [3.8, 4) is 11.5 Å². The molecule has 0 bridgehead atoms. The van der Waals surface area contributed by atoms with Crippen LogP contribution in [0.15, 0.2) is 36.4 Å². The first-order valence-corrected chi connectivity index (χ1v) is 5.88. The highest BCUT2D eigenvalue weighted by Crippen LogP contribution is 2.25. The molecule has 0 aliphatic rings. The lowest BCUT2D eigenvalue weighted by atomic mass is 10.1. The summed E-state index contributed by atoms with van der Waals surface area (Å²) in [6.45, 7) is 8.41. The monoisotopic (exact) mass is 226 g/mol. The summed E-state index contributed by atoms with van der Waals surface area (Å²) in [5, 5.41) is 0. The number of hydrogen-bond acceptors (Lipinski definition) is 1. The minimum absolute atomic E-state index is 0.899. The molecule has 88 valence electrons. The lowest BCUT2D eigenvalue weighted by Crippen LogP contribution is -1.88. The molecule has 0 aromatic heterocycles. The van der Waals surface area contributed by atoms with E-state index in [1.165, 1.54) is 22.3 Å². The summed E-state index contributed by atoms with van der Waals surface area (Å²) in [5.41, 5.74) is 5.09. The molecule has 2 aromatic rings. The van der Waals surface area contributed by atoms with Crippen LogP contribution in [0.5, 0.6) is 11.5 Å². The van der Waals surface area contributed by atoms with Gasteiger partial charge in [0.1, 0.15) is 11.5 Å². The van der Waals surface area contributed by atoms with Gasteiger partial charge < -0.3 is 4.74 Å². The van der Waals surface area contributed by atoms with E-state index in [1.54, 1.807) is 0 Å². The molecular formula is C16H18O. The van der Waals surface area contributed by atoms with Crippen LogP contribution in [-0.4, -0.2) is 0 Å². The van der Waals surface area contributed by atoms with E-state index in [9.17, 15) is 0 Å². The van der Waals surface area contributed by atoms with E-state index in [1.807, 2.05) is 12.1 Å². The van der Waals surface area contributed by atoms with Crippen molar-refractivity contribution < 1.29 is 4.74 Å². The Morgan fingerprint density at radius 1 is 0.588 bits per heavy atom. The van der Waals surface area contributed by atoms with E-state index >= 15 is 0 Å². The SMILES string of the molecule is Cc1ccc(Oc2ccc(C)c(C)c2)cc1C. The van der Waals surface area contributed by atoms with Gasteiger partial charge in [0.05, 0.1) is 0 Å². The Labute approximate surface area is 103 Å². The maximum absolute atomic E-state index is 5.85. The second-order valence-corrected chi connectivity index (χ2v) is 4.59. The van der Waals surface area contributed by atoms with E-state index in [2.05, 4.69) is 52.0 Å². The summed E-state index contributed by atoms with van der Waals surface area (Å²) >= 11 is 0. The zero-order valence-corrected chi connectivity index (χ0v) is 10.9. The van der Waals surface area contributed by atoms with Crippen molar-refractivity contribution in [2.24, 2.45) is 0 Å². The lowest BCUT2D eigenvalue weighted by molar-refractivity contribution is 0.481. The van der Waals surface area contributed by atoms with Gasteiger partial charge in [0.2, 0.25) is 0 Å². The summed E-state index contributed by atoms with van der Waals surface area (Å²) in [6, 6.07) is 12.3. The van der Waals surface area contributed by atoms with Crippen molar-refractivity contribution in [3.63, 3.8) is 0 Å². The Morgan fingerprint density at radius 2 is 1.00 bits per heavy atom. The van der Waals surface area contributed by atoms with Gasteiger partial charge in [-0.05, 0) is 74.2 Å². The summed E-state index contributed by atoms with van der Waals surface area (Å²) in [4.78, 5) is 0. The maximum atomic E-state index is 5.85. The first-order chi connectivity index (χ1) is 8.06. The fourth-order valence-electron chi connectivity index (χ4n) is 1.69. The fourth-order valence-corrected chi connectivity index (χ4v) is 1.69. The molecule has 0 aliphatic carbocycles. The van der Waals surface area contributed by atoms with E-state index in [0.717, 1.165) is 11.5 Å². The molecule has 17 heavy (non-hydrogen) atoms. The summed E-state index contributed by atoms with van der Waals surface area (Å²) < 4.78 is 5.85. The van der Waals surface area contributed by atoms with Gasteiger partial charge in [-0.3, -0.25) is 0 Å². The van der Waals surface area contributed by atoms with Crippen molar-refractivity contribution in [3.05, 3.63) is 58.7 Å². The van der Waals surface area contributed by atoms with Gasteiger partial charge in [-0.15, -0.1) is 0 Å². The average Bonchev–Trinajstić information content (AvgIpc) is 2.29. The summed E-state index contributed by atoms with van der Waals surface area (Å²) in [5.74, 6) is 1.80. The van der Waals surface area contributed by atoms with E-state index in [-0.39, 0.29) is 0 Å². The molecule has 0 heterocycles. The minimum Gasteiger partial charge on any atom is -0.457 e. The first kappa shape index (κ1) is 11.7. The van der Waals surface area contributed by atoms with Crippen molar-refractivity contribution in [2.45, 2.75) is 27.7 Å². The van der Waals surface area contributed by atoms with Crippen molar-refractivity contribution >= 4 is 0 Å². The molecule has 1 nitrogen and oxygen atoms in total. The number of rotatable bonds is 2. The number of hydrogen-bond donors (Lipinski definition) is 0. The Bertz CT molecular complexity index is 492. The topological polar surface area (TPSA) is 9.23 Å². The van der Waals surface area contributed by atoms with Crippen molar-refractivity contribution in [2.75, 3.05) is 0 Å². The minimum atomic E-state index is 0.899. The quantitative estimate of drug-likeness (QED) is 0.720. The van der Waals surface area contributed by atoms with E-state index < -0.39 is 0 Å². The number of aryl methyl sites for hydroxylation is 4. The van der Waals surface area contributed by atoms with Gasteiger partial charge in [0, 0.05) is 0 Å². The van der Waals surface area contributed by atoms with Crippen molar-refractivity contribution in [1.82, 2.24) is 0 Å². The van der Waals surface area contributed by atoms with E-state index in [4.69, 9.17) is 4.74 Å². The maximum Gasteiger partial charge on any atom is 0.127 e. The Kier molecular flexibility index (Phi) is 3.19. The Morgan fingerprint density at radius 3 is 1.35 bits per heavy atom. The summed E-state index contributed by atoms with van der Waals surface area (Å²) in [7, 11) is 0. The van der Waals surface area contributed by atoms with Crippen LogP contribution in [0.1, 0.15) is 22.3 Å². The standard InChI is InChI=1S/C16H18O/c1-11-5-7-15(9-13(11)3)17-16-8-6-12(2)14(4)10-16/h5-10H,1-4H3. The second kappa shape index (κ2) is 4.62. The third kappa shape index (κ3) is 2.68. The third-order valence-corrected chi connectivity index (χ3v) is 3.19. The number of benzene rings is 2. The van der Waals surface area contributed by atoms with Crippen LogP contribution in [-0.2, 0) is 0 Å². The third-order valence-electron chi connectivity index (χ3n) is 3.19. The van der Waals surface area contributed by atoms with E-state index in [0.29, 0.717) is 0 Å². The summed E-state index contributed by atoms with van der Waals surface area (Å²) in [6.07, 6.45) is 0. The van der Waals surface area contributed by atoms with Crippen LogP contribution in [0.2, 0.25) is 0 Å². The molecule has 0 aliphatic heterocycles. The zero-order valence-electron chi connectivity index (χ0n) is 10.9. The molecule has 2 rings (SSSR count). The molecule has 0 atom stereocenters. The van der Waals surface area contributed by atoms with Crippen LogP contribution < -0.4 is 4.74 Å².